The molecule has 3 aromatic rings. The molecule has 14 heteroatoms. The molecule has 42 heavy (non-hydrogen) atoms. The molecule has 1 amide bonds. The lowest BCUT2D eigenvalue weighted by atomic mass is 9.94. The Hall–Kier alpha value is -3.58. The third kappa shape index (κ3) is 5.13. The number of amides is 1. The summed E-state index contributed by atoms with van der Waals surface area (Å²) >= 11 is 6.00. The van der Waals surface area contributed by atoms with E-state index in [1.165, 1.54) is 13.2 Å². The lowest BCUT2D eigenvalue weighted by Crippen LogP contribution is -2.30. The number of carbonyl (C=O) groups is 1. The lowest BCUT2D eigenvalue weighted by molar-refractivity contribution is -0.139. The van der Waals surface area contributed by atoms with Crippen LogP contribution in [0.25, 0.3) is 0 Å². The second-order valence-electron chi connectivity index (χ2n) is 10.8. The summed E-state index contributed by atoms with van der Waals surface area (Å²) in [7, 11) is 1.44. The van der Waals surface area contributed by atoms with Crippen LogP contribution < -0.4 is 15.4 Å². The molecule has 3 aliphatic rings. The molecule has 2 aromatic heterocycles. The normalized spacial score (nSPS) is 19.0. The maximum atomic E-state index is 14.0. The molecular weight excluding hydrogens is 575 g/mol. The van der Waals surface area contributed by atoms with Crippen LogP contribution in [-0.2, 0) is 37.0 Å². The Morgan fingerprint density at radius 1 is 1.14 bits per heavy atom. The number of aromatic nitrogens is 4. The van der Waals surface area contributed by atoms with Gasteiger partial charge in [0.1, 0.15) is 5.82 Å². The summed E-state index contributed by atoms with van der Waals surface area (Å²) < 4.78 is 55.3. The second-order valence-corrected chi connectivity index (χ2v) is 11.3. The van der Waals surface area contributed by atoms with Crippen LogP contribution >= 0.6 is 11.6 Å². The Morgan fingerprint density at radius 2 is 1.90 bits per heavy atom. The average molecular weight is 606 g/mol. The minimum Gasteiger partial charge on any atom is -0.467 e. The van der Waals surface area contributed by atoms with E-state index in [-0.39, 0.29) is 36.2 Å². The molecule has 3 aliphatic heterocycles. The van der Waals surface area contributed by atoms with Crippen LogP contribution in [0.2, 0.25) is 5.02 Å². The summed E-state index contributed by atoms with van der Waals surface area (Å²) in [6.07, 6.45) is -2.89. The molecule has 1 saturated heterocycles. The number of hydrogen-bond acceptors (Lipinski definition) is 8. The molecule has 1 atom stereocenters. The van der Waals surface area contributed by atoms with Crippen LogP contribution in [0.15, 0.2) is 12.1 Å². The van der Waals surface area contributed by atoms with Gasteiger partial charge in [-0.1, -0.05) is 11.6 Å². The van der Waals surface area contributed by atoms with Crippen molar-refractivity contribution in [2.24, 2.45) is 0 Å². The molecule has 0 saturated carbocycles. The standard InChI is InChI=1S/C28H31ClF3N7O3/c1-15-21-13-38(8-5-9-39(21)36-24(15)26(40)37-6-3-4-7-37)25-18-14-42-22(12-20(18)34-27(35-25)41-2)17-10-16(33)11-19(29)23(17)28(30,31)32/h10-11,22H,3-9,12-14,33H2,1-2H3. The molecule has 0 spiro atoms. The maximum absolute atomic E-state index is 14.0. The number of rotatable bonds is 4. The molecular formula is C28H31ClF3N7O3. The zero-order valence-electron chi connectivity index (χ0n) is 23.3. The average Bonchev–Trinajstić information content (AvgIpc) is 3.53. The van der Waals surface area contributed by atoms with Gasteiger partial charge in [-0.25, -0.2) is 0 Å². The number of fused-ring (bicyclic) bond motifs is 2. The van der Waals surface area contributed by atoms with Crippen molar-refractivity contribution in [2.45, 2.75) is 64.6 Å². The van der Waals surface area contributed by atoms with Gasteiger partial charge in [-0.15, -0.1) is 0 Å². The molecule has 0 radical (unpaired) electrons. The molecule has 0 aliphatic carbocycles. The van der Waals surface area contributed by atoms with E-state index >= 15 is 0 Å². The minimum atomic E-state index is -4.69. The molecule has 6 rings (SSSR count). The topological polar surface area (TPSA) is 112 Å². The van der Waals surface area contributed by atoms with Crippen molar-refractivity contribution in [3.05, 3.63) is 56.5 Å². The van der Waals surface area contributed by atoms with Crippen molar-refractivity contribution >= 4 is 29.0 Å². The van der Waals surface area contributed by atoms with E-state index in [4.69, 9.17) is 31.9 Å². The number of halogens is 4. The summed E-state index contributed by atoms with van der Waals surface area (Å²) in [4.78, 5) is 26.2. The smallest absolute Gasteiger partial charge is 0.418 e. The van der Waals surface area contributed by atoms with Crippen molar-refractivity contribution in [1.82, 2.24) is 24.6 Å². The van der Waals surface area contributed by atoms with E-state index in [0.717, 1.165) is 49.7 Å². The minimum absolute atomic E-state index is 0.0174. The third-order valence-electron chi connectivity index (χ3n) is 8.17. The number of anilines is 2. The van der Waals surface area contributed by atoms with Gasteiger partial charge < -0.3 is 25.0 Å². The number of carbonyl (C=O) groups excluding carboxylic acids is 1. The molecule has 1 unspecified atom stereocenters. The number of alkyl halides is 3. The number of methoxy groups -OCH3 is 1. The van der Waals surface area contributed by atoms with Gasteiger partial charge in [0, 0.05) is 49.4 Å². The van der Waals surface area contributed by atoms with Crippen molar-refractivity contribution < 1.29 is 27.4 Å². The van der Waals surface area contributed by atoms with Gasteiger partial charge in [-0.3, -0.25) is 9.48 Å². The first kappa shape index (κ1) is 28.5. The van der Waals surface area contributed by atoms with Gasteiger partial charge in [0.05, 0.1) is 48.3 Å². The highest BCUT2D eigenvalue weighted by Gasteiger charge is 2.40. The Labute approximate surface area is 245 Å². The molecule has 5 heterocycles. The second kappa shape index (κ2) is 10.9. The first-order valence-electron chi connectivity index (χ1n) is 13.9. The van der Waals surface area contributed by atoms with E-state index in [1.54, 1.807) is 0 Å². The van der Waals surface area contributed by atoms with E-state index in [0.29, 0.717) is 42.4 Å². The maximum Gasteiger partial charge on any atom is 0.418 e. The first-order chi connectivity index (χ1) is 20.0. The zero-order valence-corrected chi connectivity index (χ0v) is 24.1. The van der Waals surface area contributed by atoms with Crippen LogP contribution in [0.1, 0.15) is 69.5 Å². The first-order valence-corrected chi connectivity index (χ1v) is 14.2. The number of nitrogens with two attached hydrogens (primary N) is 1. The summed E-state index contributed by atoms with van der Waals surface area (Å²) in [6, 6.07) is 2.44. The number of likely N-dealkylation sites (tertiary alicyclic amines) is 1. The van der Waals surface area contributed by atoms with Crippen molar-refractivity contribution in [2.75, 3.05) is 37.4 Å². The van der Waals surface area contributed by atoms with Gasteiger partial charge in [0.15, 0.2) is 5.69 Å². The summed E-state index contributed by atoms with van der Waals surface area (Å²) in [6.45, 7) is 5.10. The monoisotopic (exact) mass is 605 g/mol. The zero-order chi connectivity index (χ0) is 29.8. The summed E-state index contributed by atoms with van der Waals surface area (Å²) in [5.41, 5.74) is 8.31. The number of nitrogens with zero attached hydrogens (tertiary/aromatic N) is 6. The molecule has 1 aromatic carbocycles. The Kier molecular flexibility index (Phi) is 7.42. The molecule has 1 fully saturated rings. The van der Waals surface area contributed by atoms with Gasteiger partial charge in [-0.05, 0) is 43.9 Å². The van der Waals surface area contributed by atoms with Gasteiger partial charge in [0.25, 0.3) is 5.91 Å². The quantitative estimate of drug-likeness (QED) is 0.426. The van der Waals surface area contributed by atoms with E-state index in [1.807, 2.05) is 16.5 Å². The summed E-state index contributed by atoms with van der Waals surface area (Å²) in [5.74, 6) is 0.538. The largest absolute Gasteiger partial charge is 0.467 e. The van der Waals surface area contributed by atoms with E-state index in [9.17, 15) is 18.0 Å². The fourth-order valence-corrected chi connectivity index (χ4v) is 6.42. The van der Waals surface area contributed by atoms with Crippen LogP contribution in [-0.4, -0.2) is 57.3 Å². The number of aryl methyl sites for hydroxylation is 1. The molecule has 10 nitrogen and oxygen atoms in total. The highest BCUT2D eigenvalue weighted by Crippen LogP contribution is 2.44. The van der Waals surface area contributed by atoms with Crippen LogP contribution in [0.5, 0.6) is 6.01 Å². The van der Waals surface area contributed by atoms with Gasteiger partial charge in [0.2, 0.25) is 0 Å². The predicted octanol–water partition coefficient (Wildman–Crippen LogP) is 4.70. The van der Waals surface area contributed by atoms with Crippen molar-refractivity contribution in [1.29, 1.82) is 0 Å². The van der Waals surface area contributed by atoms with Crippen molar-refractivity contribution in [3.8, 4) is 6.01 Å². The van der Waals surface area contributed by atoms with Crippen LogP contribution in [0.3, 0.4) is 0 Å². The fraction of sp³-hybridized carbons (Fsp3) is 0.500. The Bertz CT molecular complexity index is 1540. The molecule has 0 bridgehead atoms. The SMILES string of the molecule is COc1nc2c(c(N3CCCn4nc(C(=O)N5CCCC5)c(C)c4C3)n1)COC(c1cc(N)cc(Cl)c1C(F)(F)F)C2. The molecule has 224 valence electrons. The number of hydrogen-bond donors (Lipinski definition) is 1. The third-order valence-corrected chi connectivity index (χ3v) is 8.47. The van der Waals surface area contributed by atoms with Gasteiger partial charge >= 0.3 is 12.2 Å². The predicted molar refractivity (Wildman–Crippen MR) is 148 cm³/mol. The van der Waals surface area contributed by atoms with Crippen LogP contribution in [0, 0.1) is 6.92 Å². The Morgan fingerprint density at radius 3 is 2.62 bits per heavy atom. The van der Waals surface area contributed by atoms with E-state index < -0.39 is 22.9 Å². The highest BCUT2D eigenvalue weighted by atomic mass is 35.5. The number of ether oxygens (including phenoxy) is 2. The lowest BCUT2D eigenvalue weighted by Gasteiger charge is -2.31. The number of benzene rings is 1. The molecule has 2 N–H and O–H groups in total. The van der Waals surface area contributed by atoms with Crippen molar-refractivity contribution in [3.63, 3.8) is 0 Å². The fourth-order valence-electron chi connectivity index (χ4n) is 6.08. The highest BCUT2D eigenvalue weighted by molar-refractivity contribution is 6.31. The summed E-state index contributed by atoms with van der Waals surface area (Å²) in [5, 5.41) is 4.21. The van der Waals surface area contributed by atoms with Gasteiger partial charge in [-0.2, -0.15) is 28.2 Å². The number of nitrogen functional groups attached to an aromatic ring is 1. The van der Waals surface area contributed by atoms with Crippen LogP contribution in [0.4, 0.5) is 24.7 Å². The Balaban J connectivity index is 1.34. The van der Waals surface area contributed by atoms with E-state index in [2.05, 4.69) is 14.9 Å².